The predicted molar refractivity (Wildman–Crippen MR) is 102 cm³/mol. The normalized spacial score (nSPS) is 22.8. The third-order valence-corrected chi connectivity index (χ3v) is 5.65. The van der Waals surface area contributed by atoms with Crippen molar-refractivity contribution in [1.82, 2.24) is 5.32 Å². The van der Waals surface area contributed by atoms with E-state index in [1.807, 2.05) is 31.2 Å². The molecule has 1 aliphatic heterocycles. The van der Waals surface area contributed by atoms with E-state index < -0.39 is 0 Å². The maximum absolute atomic E-state index is 13.1. The Morgan fingerprint density at radius 3 is 2.35 bits per heavy atom. The van der Waals surface area contributed by atoms with Crippen molar-refractivity contribution in [1.29, 1.82) is 0 Å². The van der Waals surface area contributed by atoms with Crippen LogP contribution in [0.15, 0.2) is 59.8 Å². The molecule has 2 aliphatic rings. The summed E-state index contributed by atoms with van der Waals surface area (Å²) in [6.07, 6.45) is 1.59. The Kier molecular flexibility index (Phi) is 4.23. The van der Waals surface area contributed by atoms with Gasteiger partial charge in [0.05, 0.1) is 0 Å². The van der Waals surface area contributed by atoms with Crippen LogP contribution in [0.5, 0.6) is 0 Å². The lowest BCUT2D eigenvalue weighted by molar-refractivity contribution is -0.122. The van der Waals surface area contributed by atoms with Crippen LogP contribution in [0.3, 0.4) is 0 Å². The van der Waals surface area contributed by atoms with E-state index in [9.17, 15) is 9.59 Å². The smallest absolute Gasteiger partial charge is 0.225 e. The third-order valence-electron chi connectivity index (χ3n) is 5.65. The fourth-order valence-corrected chi connectivity index (χ4v) is 4.28. The average Bonchev–Trinajstić information content (AvgIpc) is 2.61. The molecule has 2 unspecified atom stereocenters. The van der Waals surface area contributed by atoms with Crippen molar-refractivity contribution in [3.05, 3.63) is 82.1 Å². The average molecular weight is 345 g/mol. The molecule has 0 fully saturated rings. The zero-order valence-electron chi connectivity index (χ0n) is 15.2. The molecule has 132 valence electrons. The van der Waals surface area contributed by atoms with Crippen LogP contribution in [-0.2, 0) is 9.59 Å². The summed E-state index contributed by atoms with van der Waals surface area (Å²) in [5.74, 6) is 0.198. The first-order valence-corrected chi connectivity index (χ1v) is 9.21. The van der Waals surface area contributed by atoms with Crippen molar-refractivity contribution in [2.75, 3.05) is 0 Å². The van der Waals surface area contributed by atoms with Gasteiger partial charge in [-0.05, 0) is 42.9 Å². The van der Waals surface area contributed by atoms with Gasteiger partial charge in [-0.1, -0.05) is 54.1 Å². The number of ketones is 1. The number of hydrogen-bond acceptors (Lipinski definition) is 2. The number of hydrogen-bond donors (Lipinski definition) is 1. The third kappa shape index (κ3) is 2.98. The van der Waals surface area contributed by atoms with Gasteiger partial charge in [0.1, 0.15) is 0 Å². The molecule has 1 N–H and O–H groups in total. The molecular weight excluding hydrogens is 322 g/mol. The molecule has 4 rings (SSSR count). The quantitative estimate of drug-likeness (QED) is 0.882. The zero-order valence-corrected chi connectivity index (χ0v) is 15.2. The zero-order chi connectivity index (χ0) is 18.3. The molecule has 1 aliphatic carbocycles. The number of aryl methyl sites for hydroxylation is 2. The summed E-state index contributed by atoms with van der Waals surface area (Å²) >= 11 is 0. The van der Waals surface area contributed by atoms with Gasteiger partial charge in [0, 0.05) is 30.0 Å². The highest BCUT2D eigenvalue weighted by atomic mass is 16.2. The Hall–Kier alpha value is -2.68. The van der Waals surface area contributed by atoms with Crippen molar-refractivity contribution in [3.63, 3.8) is 0 Å². The van der Waals surface area contributed by atoms with Crippen LogP contribution in [0.1, 0.15) is 53.4 Å². The molecule has 26 heavy (non-hydrogen) atoms. The van der Waals surface area contributed by atoms with E-state index >= 15 is 0 Å². The summed E-state index contributed by atoms with van der Waals surface area (Å²) in [6.45, 7) is 4.11. The highest BCUT2D eigenvalue weighted by Gasteiger charge is 2.38. The van der Waals surface area contributed by atoms with Crippen LogP contribution in [0.4, 0.5) is 0 Å². The highest BCUT2D eigenvalue weighted by molar-refractivity contribution is 6.02. The number of nitrogens with one attached hydrogen (secondary N) is 1. The van der Waals surface area contributed by atoms with E-state index in [2.05, 4.69) is 36.5 Å². The van der Waals surface area contributed by atoms with Crippen molar-refractivity contribution < 1.29 is 9.59 Å². The SMILES string of the molecule is Cc1ccc(C2CC(=O)C3=C(C2)NC(=O)CC3c2ccccc2C)cc1. The van der Waals surface area contributed by atoms with E-state index in [1.54, 1.807) is 0 Å². The van der Waals surface area contributed by atoms with Crippen LogP contribution in [-0.4, -0.2) is 11.7 Å². The molecule has 1 heterocycles. The van der Waals surface area contributed by atoms with Crippen molar-refractivity contribution >= 4 is 11.7 Å². The minimum absolute atomic E-state index is 0.00867. The fraction of sp³-hybridized carbons (Fsp3) is 0.304. The molecule has 2 atom stereocenters. The van der Waals surface area contributed by atoms with Crippen LogP contribution in [0, 0.1) is 13.8 Å². The van der Waals surface area contributed by atoms with Gasteiger partial charge < -0.3 is 5.32 Å². The first-order chi connectivity index (χ1) is 12.5. The molecule has 0 saturated heterocycles. The van der Waals surface area contributed by atoms with Crippen LogP contribution >= 0.6 is 0 Å². The molecule has 0 saturated carbocycles. The molecule has 3 heteroatoms. The van der Waals surface area contributed by atoms with Gasteiger partial charge in [0.2, 0.25) is 5.91 Å². The maximum Gasteiger partial charge on any atom is 0.225 e. The van der Waals surface area contributed by atoms with E-state index in [1.165, 1.54) is 11.1 Å². The largest absolute Gasteiger partial charge is 0.329 e. The summed E-state index contributed by atoms with van der Waals surface area (Å²) < 4.78 is 0. The van der Waals surface area contributed by atoms with Gasteiger partial charge in [-0.25, -0.2) is 0 Å². The number of rotatable bonds is 2. The predicted octanol–water partition coefficient (Wildman–Crippen LogP) is 4.31. The number of carbonyl (C=O) groups is 2. The second-order valence-electron chi connectivity index (χ2n) is 7.49. The monoisotopic (exact) mass is 345 g/mol. The fourth-order valence-electron chi connectivity index (χ4n) is 4.28. The molecule has 0 spiro atoms. The number of Topliss-reactive ketones (excluding diaryl/α,β-unsaturated/α-hetero) is 1. The van der Waals surface area contributed by atoms with E-state index in [4.69, 9.17) is 0 Å². The molecular formula is C23H23NO2. The lowest BCUT2D eigenvalue weighted by Crippen LogP contribution is -2.38. The lowest BCUT2D eigenvalue weighted by atomic mass is 9.73. The molecule has 2 aromatic rings. The van der Waals surface area contributed by atoms with Gasteiger partial charge >= 0.3 is 0 Å². The Balaban J connectivity index is 1.73. The second kappa shape index (κ2) is 6.56. The number of carbonyl (C=O) groups excluding carboxylic acids is 2. The van der Waals surface area contributed by atoms with Crippen molar-refractivity contribution in [2.24, 2.45) is 0 Å². The van der Waals surface area contributed by atoms with Gasteiger partial charge in [-0.3, -0.25) is 9.59 Å². The Bertz CT molecular complexity index is 908. The first-order valence-electron chi connectivity index (χ1n) is 9.21. The second-order valence-corrected chi connectivity index (χ2v) is 7.49. The molecule has 3 nitrogen and oxygen atoms in total. The van der Waals surface area contributed by atoms with Crippen LogP contribution in [0.25, 0.3) is 0 Å². The summed E-state index contributed by atoms with van der Waals surface area (Å²) in [6, 6.07) is 16.4. The summed E-state index contributed by atoms with van der Waals surface area (Å²) in [5.41, 5.74) is 6.26. The van der Waals surface area contributed by atoms with E-state index in [0.29, 0.717) is 12.8 Å². The molecule has 0 radical (unpaired) electrons. The van der Waals surface area contributed by atoms with E-state index in [0.717, 1.165) is 28.8 Å². The van der Waals surface area contributed by atoms with Crippen molar-refractivity contribution in [3.8, 4) is 0 Å². The van der Waals surface area contributed by atoms with Gasteiger partial charge in [0.25, 0.3) is 0 Å². The number of benzene rings is 2. The first kappa shape index (κ1) is 16.8. The minimum atomic E-state index is -0.119. The standard InChI is InChI=1S/C23H23NO2/c1-14-7-9-16(10-8-14)17-11-20-23(21(25)12-17)19(13-22(26)24-20)18-6-4-3-5-15(18)2/h3-10,17,19H,11-13H2,1-2H3,(H,24,26). The minimum Gasteiger partial charge on any atom is -0.329 e. The highest BCUT2D eigenvalue weighted by Crippen LogP contribution is 2.43. The molecule has 1 amide bonds. The number of allylic oxidation sites excluding steroid dienone is 2. The summed E-state index contributed by atoms with van der Waals surface area (Å²) in [5, 5.41) is 3.00. The van der Waals surface area contributed by atoms with Crippen LogP contribution < -0.4 is 5.32 Å². The van der Waals surface area contributed by atoms with Gasteiger partial charge in [-0.2, -0.15) is 0 Å². The molecule has 0 bridgehead atoms. The Morgan fingerprint density at radius 1 is 0.885 bits per heavy atom. The summed E-state index contributed by atoms with van der Waals surface area (Å²) in [7, 11) is 0. The molecule has 0 aromatic heterocycles. The van der Waals surface area contributed by atoms with Crippen molar-refractivity contribution in [2.45, 2.75) is 44.9 Å². The lowest BCUT2D eigenvalue weighted by Gasteiger charge is -2.35. The van der Waals surface area contributed by atoms with Crippen LogP contribution in [0.2, 0.25) is 0 Å². The Labute approximate surface area is 154 Å². The maximum atomic E-state index is 13.1. The van der Waals surface area contributed by atoms with E-state index in [-0.39, 0.29) is 23.5 Å². The van der Waals surface area contributed by atoms with Gasteiger partial charge in [0.15, 0.2) is 5.78 Å². The Morgan fingerprint density at radius 2 is 1.62 bits per heavy atom. The summed E-state index contributed by atoms with van der Waals surface area (Å²) in [4.78, 5) is 25.4. The number of amides is 1. The van der Waals surface area contributed by atoms with Gasteiger partial charge in [-0.15, -0.1) is 0 Å². The molecule has 2 aromatic carbocycles. The topological polar surface area (TPSA) is 46.2 Å².